The molecular formula is C20H19N5O2. The Morgan fingerprint density at radius 2 is 1.70 bits per heavy atom. The van der Waals surface area contributed by atoms with Crippen LogP contribution in [0.2, 0.25) is 0 Å². The number of nitrogens with zero attached hydrogens (tertiary/aromatic N) is 3. The third kappa shape index (κ3) is 4.44. The summed E-state index contributed by atoms with van der Waals surface area (Å²) >= 11 is 0. The summed E-state index contributed by atoms with van der Waals surface area (Å²) in [5.74, 6) is 2.45. The van der Waals surface area contributed by atoms with E-state index in [4.69, 9.17) is 14.7 Å². The molecule has 7 nitrogen and oxygen atoms in total. The summed E-state index contributed by atoms with van der Waals surface area (Å²) in [6.07, 6.45) is 0. The molecule has 0 unspecified atom stereocenters. The summed E-state index contributed by atoms with van der Waals surface area (Å²) in [5, 5.41) is 15.3. The topological polar surface area (TPSA) is 92.1 Å². The number of nitrogens with one attached hydrogen (secondary N) is 2. The van der Waals surface area contributed by atoms with E-state index in [0.29, 0.717) is 28.8 Å². The van der Waals surface area contributed by atoms with Crippen molar-refractivity contribution in [2.45, 2.75) is 6.92 Å². The predicted octanol–water partition coefficient (Wildman–Crippen LogP) is 4.16. The van der Waals surface area contributed by atoms with Crippen molar-refractivity contribution in [1.82, 2.24) is 9.97 Å². The molecule has 2 N–H and O–H groups in total. The Kier molecular flexibility index (Phi) is 5.38. The lowest BCUT2D eigenvalue weighted by molar-refractivity contribution is 0.405. The Balaban J connectivity index is 1.86. The Bertz CT molecular complexity index is 981. The first-order valence-corrected chi connectivity index (χ1v) is 8.23. The van der Waals surface area contributed by atoms with Gasteiger partial charge in [0.2, 0.25) is 5.95 Å². The van der Waals surface area contributed by atoms with Crippen LogP contribution in [-0.2, 0) is 0 Å². The maximum absolute atomic E-state index is 8.89. The fraction of sp³-hybridized carbons (Fsp3) is 0.150. The summed E-state index contributed by atoms with van der Waals surface area (Å²) in [6, 6.07) is 16.5. The van der Waals surface area contributed by atoms with Crippen molar-refractivity contribution in [2.75, 3.05) is 24.9 Å². The van der Waals surface area contributed by atoms with Gasteiger partial charge in [0.1, 0.15) is 17.3 Å². The van der Waals surface area contributed by atoms with Gasteiger partial charge in [-0.05, 0) is 43.3 Å². The molecule has 3 rings (SSSR count). The number of aromatic nitrogens is 2. The Morgan fingerprint density at radius 3 is 2.37 bits per heavy atom. The van der Waals surface area contributed by atoms with Crippen molar-refractivity contribution in [1.29, 1.82) is 5.26 Å². The van der Waals surface area contributed by atoms with Gasteiger partial charge in [0, 0.05) is 23.5 Å². The molecule has 0 saturated heterocycles. The van der Waals surface area contributed by atoms with Gasteiger partial charge in [0.05, 0.1) is 31.5 Å². The molecule has 7 heteroatoms. The standard InChI is InChI=1S/C20H19N5O2/c1-13-10-19(24-17-11-16(26-2)8-9-18(17)27-3)25-20(22-13)23-15-6-4-14(12-21)5-7-15/h4-11H,1-3H3,(H2,22,23,24,25). The maximum Gasteiger partial charge on any atom is 0.229 e. The molecule has 0 atom stereocenters. The van der Waals surface area contributed by atoms with Crippen LogP contribution in [-0.4, -0.2) is 24.2 Å². The molecule has 1 heterocycles. The lowest BCUT2D eigenvalue weighted by atomic mass is 10.2. The third-order valence-corrected chi connectivity index (χ3v) is 3.79. The van der Waals surface area contributed by atoms with Crippen LogP contribution < -0.4 is 20.1 Å². The highest BCUT2D eigenvalue weighted by Crippen LogP contribution is 2.31. The number of hydrogen-bond donors (Lipinski definition) is 2. The van der Waals surface area contributed by atoms with Crippen LogP contribution in [0.25, 0.3) is 0 Å². The highest BCUT2D eigenvalue weighted by molar-refractivity contribution is 5.67. The average Bonchev–Trinajstić information content (AvgIpc) is 2.68. The van der Waals surface area contributed by atoms with Gasteiger partial charge in [-0.3, -0.25) is 0 Å². The molecule has 0 bridgehead atoms. The second-order valence-corrected chi connectivity index (χ2v) is 5.72. The molecule has 2 aromatic carbocycles. The minimum Gasteiger partial charge on any atom is -0.497 e. The SMILES string of the molecule is COc1ccc(OC)c(Nc2cc(C)nc(Nc3ccc(C#N)cc3)n2)c1. The quantitative estimate of drug-likeness (QED) is 0.681. The maximum atomic E-state index is 8.89. The summed E-state index contributed by atoms with van der Waals surface area (Å²) < 4.78 is 10.7. The van der Waals surface area contributed by atoms with Gasteiger partial charge in [-0.2, -0.15) is 10.2 Å². The van der Waals surface area contributed by atoms with Crippen LogP contribution in [0.4, 0.5) is 23.1 Å². The number of ether oxygens (including phenoxy) is 2. The lowest BCUT2D eigenvalue weighted by Crippen LogP contribution is -2.03. The van der Waals surface area contributed by atoms with Gasteiger partial charge in [-0.1, -0.05) is 0 Å². The van der Waals surface area contributed by atoms with Crippen molar-refractivity contribution in [2.24, 2.45) is 0 Å². The summed E-state index contributed by atoms with van der Waals surface area (Å²) in [6.45, 7) is 1.89. The number of benzene rings is 2. The van der Waals surface area contributed by atoms with Crippen LogP contribution >= 0.6 is 0 Å². The minimum atomic E-state index is 0.448. The molecule has 136 valence electrons. The van der Waals surface area contributed by atoms with Gasteiger partial charge >= 0.3 is 0 Å². The predicted molar refractivity (Wildman–Crippen MR) is 104 cm³/mol. The number of rotatable bonds is 6. The average molecular weight is 361 g/mol. The van der Waals surface area contributed by atoms with E-state index in [0.717, 1.165) is 17.1 Å². The van der Waals surface area contributed by atoms with E-state index in [1.165, 1.54) is 0 Å². The van der Waals surface area contributed by atoms with Gasteiger partial charge in [-0.15, -0.1) is 0 Å². The number of nitriles is 1. The highest BCUT2D eigenvalue weighted by atomic mass is 16.5. The second kappa shape index (κ2) is 8.06. The van der Waals surface area contributed by atoms with Gasteiger partial charge in [-0.25, -0.2) is 4.98 Å². The number of hydrogen-bond acceptors (Lipinski definition) is 7. The van der Waals surface area contributed by atoms with Gasteiger partial charge in [0.25, 0.3) is 0 Å². The molecular weight excluding hydrogens is 342 g/mol. The zero-order valence-electron chi connectivity index (χ0n) is 15.3. The van der Waals surface area contributed by atoms with Crippen molar-refractivity contribution in [3.8, 4) is 17.6 Å². The molecule has 27 heavy (non-hydrogen) atoms. The van der Waals surface area contributed by atoms with Crippen LogP contribution in [0.1, 0.15) is 11.3 Å². The number of methoxy groups -OCH3 is 2. The molecule has 0 saturated carbocycles. The zero-order chi connectivity index (χ0) is 19.2. The van der Waals surface area contributed by atoms with Gasteiger partial charge < -0.3 is 20.1 Å². The van der Waals surface area contributed by atoms with E-state index >= 15 is 0 Å². The van der Waals surface area contributed by atoms with E-state index < -0.39 is 0 Å². The third-order valence-electron chi connectivity index (χ3n) is 3.79. The van der Waals surface area contributed by atoms with E-state index in [1.54, 1.807) is 26.4 Å². The molecule has 0 aliphatic rings. The van der Waals surface area contributed by atoms with Crippen LogP contribution in [0.15, 0.2) is 48.5 Å². The van der Waals surface area contributed by atoms with E-state index in [9.17, 15) is 0 Å². The number of anilines is 4. The van der Waals surface area contributed by atoms with E-state index in [-0.39, 0.29) is 0 Å². The number of aryl methyl sites for hydroxylation is 1. The lowest BCUT2D eigenvalue weighted by Gasteiger charge is -2.13. The largest absolute Gasteiger partial charge is 0.497 e. The van der Waals surface area contributed by atoms with Crippen molar-refractivity contribution in [3.63, 3.8) is 0 Å². The molecule has 1 aromatic heterocycles. The minimum absolute atomic E-state index is 0.448. The smallest absolute Gasteiger partial charge is 0.229 e. The first-order chi connectivity index (χ1) is 13.1. The highest BCUT2D eigenvalue weighted by Gasteiger charge is 2.09. The molecule has 3 aromatic rings. The molecule has 0 fully saturated rings. The summed E-state index contributed by atoms with van der Waals surface area (Å²) in [4.78, 5) is 8.91. The van der Waals surface area contributed by atoms with Crippen molar-refractivity contribution < 1.29 is 9.47 Å². The molecule has 0 spiro atoms. The molecule has 0 aliphatic carbocycles. The van der Waals surface area contributed by atoms with Crippen LogP contribution in [0, 0.1) is 18.3 Å². The monoisotopic (exact) mass is 361 g/mol. The normalized spacial score (nSPS) is 10.0. The summed E-state index contributed by atoms with van der Waals surface area (Å²) in [5.41, 5.74) is 2.92. The van der Waals surface area contributed by atoms with Gasteiger partial charge in [0.15, 0.2) is 0 Å². The van der Waals surface area contributed by atoms with Crippen molar-refractivity contribution in [3.05, 3.63) is 59.8 Å². The Labute approximate surface area is 157 Å². The van der Waals surface area contributed by atoms with Crippen LogP contribution in [0.5, 0.6) is 11.5 Å². The molecule has 0 amide bonds. The Hall–Kier alpha value is -3.79. The first kappa shape index (κ1) is 18.0. The van der Waals surface area contributed by atoms with E-state index in [1.807, 2.05) is 43.3 Å². The van der Waals surface area contributed by atoms with Crippen LogP contribution in [0.3, 0.4) is 0 Å². The molecule has 0 aliphatic heterocycles. The first-order valence-electron chi connectivity index (χ1n) is 8.23. The second-order valence-electron chi connectivity index (χ2n) is 5.72. The Morgan fingerprint density at radius 1 is 0.926 bits per heavy atom. The van der Waals surface area contributed by atoms with Crippen molar-refractivity contribution >= 4 is 23.1 Å². The zero-order valence-corrected chi connectivity index (χ0v) is 15.3. The molecule has 0 radical (unpaired) electrons. The summed E-state index contributed by atoms with van der Waals surface area (Å²) in [7, 11) is 3.22. The van der Waals surface area contributed by atoms with E-state index in [2.05, 4.69) is 26.7 Å². The fourth-order valence-corrected chi connectivity index (χ4v) is 2.50. The fourth-order valence-electron chi connectivity index (χ4n) is 2.50.